The van der Waals surface area contributed by atoms with Crippen LogP contribution in [0.1, 0.15) is 48.3 Å². The molecule has 30 heavy (non-hydrogen) atoms. The fraction of sp³-hybridized carbons (Fsp3) is 0.381. The standard InChI is InChI=1S/C21H24N2O6S/c1-21(2,3)29-20(27)22-15-11-30-17-14(19(25)26)10-23(18(24)16(15)17)9-12-5-7-13(28-4)8-6-12/h5-8,10,15H,9,11H2,1-4H3,(H,22,27)(H,25,26)/t15-/m0/s1. The molecule has 0 radical (unpaired) electrons. The van der Waals surface area contributed by atoms with E-state index >= 15 is 0 Å². The second kappa shape index (κ2) is 8.43. The van der Waals surface area contributed by atoms with Crippen molar-refractivity contribution in [3.63, 3.8) is 0 Å². The van der Waals surface area contributed by atoms with E-state index in [2.05, 4.69) is 5.32 Å². The molecule has 1 amide bonds. The minimum atomic E-state index is -1.12. The van der Waals surface area contributed by atoms with Crippen molar-refractivity contribution in [3.05, 3.63) is 57.5 Å². The van der Waals surface area contributed by atoms with Crippen LogP contribution in [0.5, 0.6) is 5.75 Å². The highest BCUT2D eigenvalue weighted by molar-refractivity contribution is 7.99. The van der Waals surface area contributed by atoms with Gasteiger partial charge < -0.3 is 24.5 Å². The number of hydrogen-bond acceptors (Lipinski definition) is 6. The second-order valence-corrected chi connectivity index (χ2v) is 8.91. The molecule has 0 saturated carbocycles. The fourth-order valence-corrected chi connectivity index (χ4v) is 4.41. The van der Waals surface area contributed by atoms with Crippen molar-refractivity contribution in [2.45, 2.75) is 43.9 Å². The van der Waals surface area contributed by atoms with Crippen molar-refractivity contribution < 1.29 is 24.2 Å². The van der Waals surface area contributed by atoms with Crippen LogP contribution in [-0.4, -0.2) is 40.2 Å². The van der Waals surface area contributed by atoms with Crippen molar-refractivity contribution in [3.8, 4) is 5.75 Å². The van der Waals surface area contributed by atoms with Crippen molar-refractivity contribution >= 4 is 23.8 Å². The largest absolute Gasteiger partial charge is 0.497 e. The van der Waals surface area contributed by atoms with E-state index in [-0.39, 0.29) is 23.2 Å². The number of hydrogen-bond donors (Lipinski definition) is 2. The summed E-state index contributed by atoms with van der Waals surface area (Å²) in [6.07, 6.45) is 0.708. The number of nitrogens with zero attached hydrogens (tertiary/aromatic N) is 1. The molecule has 2 heterocycles. The van der Waals surface area contributed by atoms with E-state index in [1.807, 2.05) is 12.1 Å². The van der Waals surface area contributed by atoms with Gasteiger partial charge in [-0.05, 0) is 38.5 Å². The zero-order valence-corrected chi connectivity index (χ0v) is 18.0. The van der Waals surface area contributed by atoms with Gasteiger partial charge in [0.1, 0.15) is 11.4 Å². The lowest BCUT2D eigenvalue weighted by molar-refractivity contribution is 0.0508. The monoisotopic (exact) mass is 432 g/mol. The highest BCUT2D eigenvalue weighted by atomic mass is 32.2. The van der Waals surface area contributed by atoms with Crippen LogP contribution in [0.2, 0.25) is 0 Å². The van der Waals surface area contributed by atoms with Gasteiger partial charge in [0.05, 0.1) is 30.8 Å². The van der Waals surface area contributed by atoms with E-state index in [1.54, 1.807) is 40.0 Å². The highest BCUT2D eigenvalue weighted by Crippen LogP contribution is 2.38. The molecule has 1 aromatic carbocycles. The number of carboxylic acid groups (broad SMARTS) is 1. The molecule has 160 valence electrons. The number of amides is 1. The number of fused-ring (bicyclic) bond motifs is 1. The van der Waals surface area contributed by atoms with Gasteiger partial charge in [0.2, 0.25) is 0 Å². The molecule has 0 aliphatic carbocycles. The number of carboxylic acids is 1. The average Bonchev–Trinajstić information content (AvgIpc) is 3.06. The number of methoxy groups -OCH3 is 1. The smallest absolute Gasteiger partial charge is 0.408 e. The molecular weight excluding hydrogens is 408 g/mol. The molecule has 2 N–H and O–H groups in total. The number of carbonyl (C=O) groups is 2. The average molecular weight is 432 g/mol. The number of thioether (sulfide) groups is 1. The molecule has 1 aliphatic heterocycles. The number of alkyl carbamates (subject to hydrolysis) is 1. The Bertz CT molecular complexity index is 1020. The van der Waals surface area contributed by atoms with Crippen LogP contribution in [0, 0.1) is 0 Å². The van der Waals surface area contributed by atoms with Crippen LogP contribution in [-0.2, 0) is 11.3 Å². The molecule has 0 bridgehead atoms. The quantitative estimate of drug-likeness (QED) is 0.747. The van der Waals surface area contributed by atoms with Gasteiger partial charge in [-0.1, -0.05) is 12.1 Å². The van der Waals surface area contributed by atoms with Crippen LogP contribution >= 0.6 is 11.8 Å². The molecule has 9 heteroatoms. The third-order valence-corrected chi connectivity index (χ3v) is 5.67. The minimum absolute atomic E-state index is 0.0385. The molecule has 1 aliphatic rings. The topological polar surface area (TPSA) is 107 Å². The van der Waals surface area contributed by atoms with Crippen molar-refractivity contribution in [1.82, 2.24) is 9.88 Å². The van der Waals surface area contributed by atoms with E-state index in [4.69, 9.17) is 9.47 Å². The zero-order chi connectivity index (χ0) is 22.1. The van der Waals surface area contributed by atoms with Gasteiger partial charge in [0, 0.05) is 16.8 Å². The maximum absolute atomic E-state index is 13.2. The van der Waals surface area contributed by atoms with Gasteiger partial charge in [-0.3, -0.25) is 4.79 Å². The van der Waals surface area contributed by atoms with E-state index < -0.39 is 23.7 Å². The lowest BCUT2D eigenvalue weighted by atomic mass is 10.1. The lowest BCUT2D eigenvalue weighted by Crippen LogP contribution is -2.38. The molecule has 1 aromatic heterocycles. The Morgan fingerprint density at radius 1 is 1.27 bits per heavy atom. The summed E-state index contributed by atoms with van der Waals surface area (Å²) in [5.41, 5.74) is 0.111. The van der Waals surface area contributed by atoms with Crippen LogP contribution in [0.3, 0.4) is 0 Å². The number of nitrogens with one attached hydrogen (secondary N) is 1. The van der Waals surface area contributed by atoms with Gasteiger partial charge in [0.15, 0.2) is 0 Å². The zero-order valence-electron chi connectivity index (χ0n) is 17.2. The van der Waals surface area contributed by atoms with Crippen LogP contribution in [0.25, 0.3) is 0 Å². The first-order valence-corrected chi connectivity index (χ1v) is 10.3. The number of pyridine rings is 1. The normalized spacial score (nSPS) is 15.4. The maximum Gasteiger partial charge on any atom is 0.408 e. The van der Waals surface area contributed by atoms with E-state index in [0.717, 1.165) is 5.56 Å². The Morgan fingerprint density at radius 2 is 1.93 bits per heavy atom. The summed E-state index contributed by atoms with van der Waals surface area (Å²) < 4.78 is 11.8. The van der Waals surface area contributed by atoms with Crippen molar-refractivity contribution in [1.29, 1.82) is 0 Å². The first-order chi connectivity index (χ1) is 14.1. The van der Waals surface area contributed by atoms with Crippen molar-refractivity contribution in [2.75, 3.05) is 12.9 Å². The van der Waals surface area contributed by atoms with Crippen LogP contribution < -0.4 is 15.6 Å². The number of rotatable bonds is 5. The van der Waals surface area contributed by atoms with Gasteiger partial charge >= 0.3 is 12.1 Å². The number of benzene rings is 1. The van der Waals surface area contributed by atoms with Crippen LogP contribution in [0.4, 0.5) is 4.79 Å². The number of aromatic nitrogens is 1. The van der Waals surface area contributed by atoms with E-state index in [1.165, 1.54) is 22.5 Å². The predicted molar refractivity (Wildman–Crippen MR) is 113 cm³/mol. The fourth-order valence-electron chi connectivity index (χ4n) is 3.14. The van der Waals surface area contributed by atoms with Crippen molar-refractivity contribution in [2.24, 2.45) is 0 Å². The summed E-state index contributed by atoms with van der Waals surface area (Å²) in [7, 11) is 1.56. The minimum Gasteiger partial charge on any atom is -0.497 e. The Kier molecular flexibility index (Phi) is 6.12. The summed E-state index contributed by atoms with van der Waals surface area (Å²) in [4.78, 5) is 37.6. The Labute approximate surface area is 178 Å². The predicted octanol–water partition coefficient (Wildman–Crippen LogP) is 3.27. The Balaban J connectivity index is 1.96. The third kappa shape index (κ3) is 4.79. The van der Waals surface area contributed by atoms with E-state index in [9.17, 15) is 19.5 Å². The first-order valence-electron chi connectivity index (χ1n) is 9.35. The van der Waals surface area contributed by atoms with Gasteiger partial charge in [-0.2, -0.15) is 0 Å². The number of aromatic carboxylic acids is 1. The Morgan fingerprint density at radius 3 is 2.50 bits per heavy atom. The van der Waals surface area contributed by atoms with Gasteiger partial charge in [0.25, 0.3) is 5.56 Å². The summed E-state index contributed by atoms with van der Waals surface area (Å²) in [5, 5.41) is 12.4. The SMILES string of the molecule is COc1ccc(Cn2cc(C(=O)O)c3c(c2=O)[C@@H](NC(=O)OC(C)(C)C)CS3)cc1. The summed E-state index contributed by atoms with van der Waals surface area (Å²) in [5.74, 6) is -0.0825. The summed E-state index contributed by atoms with van der Waals surface area (Å²) in [6.45, 7) is 5.43. The molecule has 1 atom stereocenters. The molecule has 2 aromatic rings. The molecule has 0 unspecified atom stereocenters. The number of carbonyl (C=O) groups excluding carboxylic acids is 1. The molecule has 8 nitrogen and oxygen atoms in total. The third-order valence-electron chi connectivity index (χ3n) is 4.44. The first kappa shape index (κ1) is 21.8. The second-order valence-electron chi connectivity index (χ2n) is 7.88. The molecule has 0 spiro atoms. The molecule has 0 fully saturated rings. The van der Waals surface area contributed by atoms with Gasteiger partial charge in [-0.15, -0.1) is 11.8 Å². The van der Waals surface area contributed by atoms with Gasteiger partial charge in [-0.25, -0.2) is 9.59 Å². The molecule has 3 rings (SSSR count). The maximum atomic E-state index is 13.2. The summed E-state index contributed by atoms with van der Waals surface area (Å²) in [6, 6.07) is 6.53. The lowest BCUT2D eigenvalue weighted by Gasteiger charge is -2.22. The summed E-state index contributed by atoms with van der Waals surface area (Å²) >= 11 is 1.24. The van der Waals surface area contributed by atoms with E-state index in [0.29, 0.717) is 16.4 Å². The molecule has 0 saturated heterocycles. The Hall–Kier alpha value is -2.94. The highest BCUT2D eigenvalue weighted by Gasteiger charge is 2.34. The molecular formula is C21H24N2O6S. The number of ether oxygens (including phenoxy) is 2. The van der Waals surface area contributed by atoms with Crippen LogP contribution in [0.15, 0.2) is 40.2 Å².